The standard InChI is InChI=1S/C65H126O5/c1-4-6-8-10-12-14-16-18-19-20-21-22-23-27-30-34-38-42-46-50-54-61(65(69)70)63(66)55-51-47-43-39-35-31-28-25-24-26-29-33-36-40-44-48-52-59-57-62(59)58(3)56-60(64(67)68)53-49-45-41-37-32-17-15-13-11-9-7-5-2/h58-63,66H,4-57H2,1-3H3,(H,67,68)(H,69,70)/t58-,59-,60?,61+,62+,63-/m0/s1. The first-order chi connectivity index (χ1) is 34.3. The molecule has 0 aliphatic heterocycles. The fourth-order valence-corrected chi connectivity index (χ4v) is 12.0. The molecule has 0 aromatic heterocycles. The minimum atomic E-state index is -0.811. The van der Waals surface area contributed by atoms with Crippen molar-refractivity contribution in [2.75, 3.05) is 0 Å². The number of unbranched alkanes of at least 4 members (excludes halogenated alkanes) is 45. The van der Waals surface area contributed by atoms with Crippen LogP contribution in [0.5, 0.6) is 0 Å². The Hall–Kier alpha value is -1.10. The van der Waals surface area contributed by atoms with Crippen LogP contribution in [0.3, 0.4) is 0 Å². The van der Waals surface area contributed by atoms with E-state index >= 15 is 0 Å². The highest BCUT2D eigenvalue weighted by atomic mass is 16.4. The summed E-state index contributed by atoms with van der Waals surface area (Å²) in [5, 5.41) is 30.4. The first-order valence-electron chi connectivity index (χ1n) is 32.4. The second-order valence-electron chi connectivity index (χ2n) is 23.8. The van der Waals surface area contributed by atoms with Gasteiger partial charge in [0.1, 0.15) is 0 Å². The lowest BCUT2D eigenvalue weighted by molar-refractivity contribution is -0.146. The summed E-state index contributed by atoms with van der Waals surface area (Å²) in [7, 11) is 0. The predicted molar refractivity (Wildman–Crippen MR) is 305 cm³/mol. The molecule has 1 aliphatic carbocycles. The maximum atomic E-state index is 12.0. The molecule has 0 spiro atoms. The van der Waals surface area contributed by atoms with E-state index in [-0.39, 0.29) is 5.92 Å². The maximum Gasteiger partial charge on any atom is 0.309 e. The van der Waals surface area contributed by atoms with Gasteiger partial charge in [0.15, 0.2) is 0 Å². The van der Waals surface area contributed by atoms with Crippen LogP contribution in [-0.2, 0) is 9.59 Å². The largest absolute Gasteiger partial charge is 0.481 e. The minimum absolute atomic E-state index is 0.136. The van der Waals surface area contributed by atoms with E-state index in [1.54, 1.807) is 0 Å². The molecule has 0 bridgehead atoms. The highest BCUT2D eigenvalue weighted by Crippen LogP contribution is 2.49. The van der Waals surface area contributed by atoms with Gasteiger partial charge < -0.3 is 15.3 Å². The average Bonchev–Trinajstić information content (AvgIpc) is 4.13. The fourth-order valence-electron chi connectivity index (χ4n) is 12.0. The molecule has 70 heavy (non-hydrogen) atoms. The SMILES string of the molecule is CCCCCCCCCCCCCCCCCCCCCC[C@@H](C(=O)O)[C@@H](O)CCCCCCCCCCCCCCCCCC[C@H]1C[C@@H]1[C@@H](C)CC(CCCCCCCCCCCCCC)C(=O)O. The summed E-state index contributed by atoms with van der Waals surface area (Å²) in [5.74, 6) is 0.108. The molecule has 3 N–H and O–H groups in total. The van der Waals surface area contributed by atoms with Crippen molar-refractivity contribution >= 4 is 11.9 Å². The summed E-state index contributed by atoms with van der Waals surface area (Å²) < 4.78 is 0. The number of aliphatic hydroxyl groups is 1. The van der Waals surface area contributed by atoms with Gasteiger partial charge in [-0.25, -0.2) is 0 Å². The third kappa shape index (κ3) is 43.3. The van der Waals surface area contributed by atoms with Crippen LogP contribution >= 0.6 is 0 Å². The Labute approximate surface area is 438 Å². The van der Waals surface area contributed by atoms with Gasteiger partial charge in [0, 0.05) is 0 Å². The molecular formula is C65H126O5. The van der Waals surface area contributed by atoms with Gasteiger partial charge in [0.2, 0.25) is 0 Å². The number of hydrogen-bond donors (Lipinski definition) is 3. The molecule has 0 amide bonds. The van der Waals surface area contributed by atoms with E-state index in [1.807, 2.05) is 0 Å². The maximum absolute atomic E-state index is 12.0. The summed E-state index contributed by atoms with van der Waals surface area (Å²) in [6.07, 6.45) is 68.9. The molecule has 1 aliphatic rings. The van der Waals surface area contributed by atoms with Gasteiger partial charge in [-0.05, 0) is 49.9 Å². The number of hydrogen-bond acceptors (Lipinski definition) is 3. The highest BCUT2D eigenvalue weighted by Gasteiger charge is 2.41. The zero-order valence-corrected chi connectivity index (χ0v) is 47.8. The van der Waals surface area contributed by atoms with E-state index in [4.69, 9.17) is 0 Å². The predicted octanol–water partition coefficient (Wildman–Crippen LogP) is 21.7. The van der Waals surface area contributed by atoms with Gasteiger partial charge in [-0.15, -0.1) is 0 Å². The number of carboxylic acid groups (broad SMARTS) is 2. The Morgan fingerprint density at radius 1 is 0.371 bits per heavy atom. The zero-order valence-electron chi connectivity index (χ0n) is 47.8. The third-order valence-electron chi connectivity index (χ3n) is 17.1. The minimum Gasteiger partial charge on any atom is -0.481 e. The van der Waals surface area contributed by atoms with Crippen molar-refractivity contribution in [1.29, 1.82) is 0 Å². The van der Waals surface area contributed by atoms with Crippen LogP contribution in [0.2, 0.25) is 0 Å². The molecule has 1 rings (SSSR count). The second-order valence-corrected chi connectivity index (χ2v) is 23.8. The van der Waals surface area contributed by atoms with Crippen molar-refractivity contribution in [3.05, 3.63) is 0 Å². The monoisotopic (exact) mass is 987 g/mol. The number of carbonyl (C=O) groups is 2. The van der Waals surface area contributed by atoms with Crippen molar-refractivity contribution < 1.29 is 24.9 Å². The van der Waals surface area contributed by atoms with Crippen LogP contribution in [-0.4, -0.2) is 33.4 Å². The van der Waals surface area contributed by atoms with Crippen molar-refractivity contribution in [1.82, 2.24) is 0 Å². The van der Waals surface area contributed by atoms with Crippen molar-refractivity contribution in [2.45, 2.75) is 374 Å². The van der Waals surface area contributed by atoms with Crippen molar-refractivity contribution in [3.63, 3.8) is 0 Å². The van der Waals surface area contributed by atoms with Crippen molar-refractivity contribution in [2.24, 2.45) is 29.6 Å². The van der Waals surface area contributed by atoms with Gasteiger partial charge in [-0.1, -0.05) is 335 Å². The Morgan fingerprint density at radius 3 is 0.943 bits per heavy atom. The lowest BCUT2D eigenvalue weighted by atomic mass is 9.87. The Morgan fingerprint density at radius 2 is 0.643 bits per heavy atom. The van der Waals surface area contributed by atoms with Crippen molar-refractivity contribution in [3.8, 4) is 0 Å². The van der Waals surface area contributed by atoms with Gasteiger partial charge in [0.25, 0.3) is 0 Å². The van der Waals surface area contributed by atoms with Crippen LogP contribution in [0.15, 0.2) is 0 Å². The molecule has 1 saturated carbocycles. The number of aliphatic hydroxyl groups excluding tert-OH is 1. The Bertz CT molecular complexity index is 1090. The Balaban J connectivity index is 1.86. The summed E-state index contributed by atoms with van der Waals surface area (Å²) in [5.41, 5.74) is 0. The number of aliphatic carboxylic acids is 2. The molecule has 1 fully saturated rings. The molecule has 416 valence electrons. The van der Waals surface area contributed by atoms with Gasteiger partial charge in [-0.3, -0.25) is 9.59 Å². The molecule has 1 unspecified atom stereocenters. The van der Waals surface area contributed by atoms with E-state index in [2.05, 4.69) is 20.8 Å². The van der Waals surface area contributed by atoms with E-state index in [0.717, 1.165) is 56.8 Å². The molecule has 0 saturated heterocycles. The highest BCUT2D eigenvalue weighted by molar-refractivity contribution is 5.70. The summed E-state index contributed by atoms with van der Waals surface area (Å²) in [6.45, 7) is 6.91. The Kier molecular flexibility index (Phi) is 49.1. The zero-order chi connectivity index (χ0) is 50.8. The quantitative estimate of drug-likeness (QED) is 0.0528. The van der Waals surface area contributed by atoms with Crippen LogP contribution in [0, 0.1) is 29.6 Å². The van der Waals surface area contributed by atoms with Crippen LogP contribution in [0.4, 0.5) is 0 Å². The molecule has 0 aromatic carbocycles. The fraction of sp³-hybridized carbons (Fsp3) is 0.969. The number of carboxylic acids is 2. The molecule has 0 heterocycles. The lowest BCUT2D eigenvalue weighted by Crippen LogP contribution is -2.28. The number of rotatable bonds is 59. The van der Waals surface area contributed by atoms with E-state index in [1.165, 1.54) is 289 Å². The first-order valence-corrected chi connectivity index (χ1v) is 32.4. The van der Waals surface area contributed by atoms with Crippen LogP contribution in [0.25, 0.3) is 0 Å². The first kappa shape index (κ1) is 66.9. The molecular weight excluding hydrogens is 861 g/mol. The molecule has 5 heteroatoms. The lowest BCUT2D eigenvalue weighted by Gasteiger charge is -2.19. The van der Waals surface area contributed by atoms with E-state index < -0.39 is 24.0 Å². The smallest absolute Gasteiger partial charge is 0.309 e. The molecule has 0 radical (unpaired) electrons. The van der Waals surface area contributed by atoms with Crippen LogP contribution < -0.4 is 0 Å². The average molecular weight is 988 g/mol. The van der Waals surface area contributed by atoms with E-state index in [0.29, 0.717) is 18.8 Å². The van der Waals surface area contributed by atoms with Gasteiger partial charge >= 0.3 is 11.9 Å². The molecule has 5 nitrogen and oxygen atoms in total. The van der Waals surface area contributed by atoms with E-state index in [9.17, 15) is 24.9 Å². The van der Waals surface area contributed by atoms with Gasteiger partial charge in [-0.2, -0.15) is 0 Å². The van der Waals surface area contributed by atoms with Crippen LogP contribution in [0.1, 0.15) is 367 Å². The molecule has 0 aromatic rings. The second kappa shape index (κ2) is 51.4. The third-order valence-corrected chi connectivity index (χ3v) is 17.1. The topological polar surface area (TPSA) is 94.8 Å². The normalized spacial score (nSPS) is 16.4. The summed E-state index contributed by atoms with van der Waals surface area (Å²) >= 11 is 0. The summed E-state index contributed by atoms with van der Waals surface area (Å²) in [6, 6.07) is 0. The van der Waals surface area contributed by atoms with Gasteiger partial charge in [0.05, 0.1) is 17.9 Å². The summed E-state index contributed by atoms with van der Waals surface area (Å²) in [4.78, 5) is 24.0. The molecule has 6 atom stereocenters.